The van der Waals surface area contributed by atoms with E-state index in [1.807, 2.05) is 17.9 Å². The topological polar surface area (TPSA) is 29.9 Å². The minimum atomic E-state index is 0.215. The molecule has 0 saturated heterocycles. The molecule has 3 nitrogen and oxygen atoms in total. The summed E-state index contributed by atoms with van der Waals surface area (Å²) in [7, 11) is 1.99. The second-order valence-electron chi connectivity index (χ2n) is 4.32. The number of nitrogens with one attached hydrogen (secondary N) is 1. The van der Waals surface area contributed by atoms with Gasteiger partial charge in [0.2, 0.25) is 0 Å². The third-order valence-electron chi connectivity index (χ3n) is 2.94. The van der Waals surface area contributed by atoms with Crippen LogP contribution in [0.4, 0.5) is 0 Å². The van der Waals surface area contributed by atoms with E-state index in [1.165, 1.54) is 14.8 Å². The molecule has 18 heavy (non-hydrogen) atoms. The number of aromatic nitrogens is 2. The fourth-order valence-electron chi connectivity index (χ4n) is 2.04. The molecule has 0 spiro atoms. The van der Waals surface area contributed by atoms with Crippen LogP contribution in [0.5, 0.6) is 0 Å². The van der Waals surface area contributed by atoms with Gasteiger partial charge in [-0.2, -0.15) is 5.10 Å². The lowest BCUT2D eigenvalue weighted by molar-refractivity contribution is 0.553. The van der Waals surface area contributed by atoms with Crippen molar-refractivity contribution in [2.75, 3.05) is 6.54 Å². The Morgan fingerprint density at radius 1 is 1.39 bits per heavy atom. The van der Waals surface area contributed by atoms with Gasteiger partial charge in [0.25, 0.3) is 0 Å². The first kappa shape index (κ1) is 13.5. The van der Waals surface area contributed by atoms with Gasteiger partial charge in [0.15, 0.2) is 0 Å². The lowest BCUT2D eigenvalue weighted by atomic mass is 10.0. The minimum Gasteiger partial charge on any atom is -0.305 e. The van der Waals surface area contributed by atoms with Crippen molar-refractivity contribution in [1.82, 2.24) is 15.1 Å². The van der Waals surface area contributed by atoms with Gasteiger partial charge in [-0.15, -0.1) is 0 Å². The molecule has 0 radical (unpaired) electrons. The molecule has 0 aliphatic heterocycles. The first-order chi connectivity index (χ1) is 8.72. The summed E-state index contributed by atoms with van der Waals surface area (Å²) < 4.78 is 3.20. The van der Waals surface area contributed by atoms with E-state index >= 15 is 0 Å². The van der Waals surface area contributed by atoms with E-state index in [9.17, 15) is 0 Å². The third-order valence-corrected chi connectivity index (χ3v) is 3.61. The van der Waals surface area contributed by atoms with Crippen LogP contribution in [0.1, 0.15) is 30.6 Å². The van der Waals surface area contributed by atoms with Crippen LogP contribution in [0.15, 0.2) is 36.5 Å². The van der Waals surface area contributed by atoms with E-state index in [0.29, 0.717) is 0 Å². The summed E-state index contributed by atoms with van der Waals surface area (Å²) in [4.78, 5) is 0. The van der Waals surface area contributed by atoms with Crippen molar-refractivity contribution >= 4 is 22.6 Å². The molecule has 1 heterocycles. The van der Waals surface area contributed by atoms with Crippen molar-refractivity contribution in [2.45, 2.75) is 19.4 Å². The Balaban J connectivity index is 2.33. The first-order valence-electron chi connectivity index (χ1n) is 6.19. The molecule has 1 aromatic carbocycles. The standard InChI is InChI=1S/C14H18IN3/c1-3-8-16-14(13-7-9-17-18(13)2)11-5-4-6-12(15)10-11/h4-7,9-10,14,16H,3,8H2,1-2H3. The van der Waals surface area contributed by atoms with Gasteiger partial charge in [-0.25, -0.2) is 0 Å². The fourth-order valence-corrected chi connectivity index (χ4v) is 2.60. The van der Waals surface area contributed by atoms with Crippen molar-refractivity contribution in [3.05, 3.63) is 51.4 Å². The highest BCUT2D eigenvalue weighted by Crippen LogP contribution is 2.22. The largest absolute Gasteiger partial charge is 0.305 e. The van der Waals surface area contributed by atoms with E-state index in [2.05, 4.69) is 70.3 Å². The highest BCUT2D eigenvalue weighted by Gasteiger charge is 2.16. The van der Waals surface area contributed by atoms with Gasteiger partial charge in [0.05, 0.1) is 11.7 Å². The summed E-state index contributed by atoms with van der Waals surface area (Å²) in [5.41, 5.74) is 2.49. The molecule has 2 rings (SSSR count). The molecule has 0 aliphatic carbocycles. The molecule has 4 heteroatoms. The zero-order valence-corrected chi connectivity index (χ0v) is 12.9. The Morgan fingerprint density at radius 2 is 2.22 bits per heavy atom. The molecular weight excluding hydrogens is 337 g/mol. The number of rotatable bonds is 5. The van der Waals surface area contributed by atoms with Crippen molar-refractivity contribution < 1.29 is 0 Å². The maximum Gasteiger partial charge on any atom is 0.0748 e. The van der Waals surface area contributed by atoms with Crippen LogP contribution in [-0.2, 0) is 7.05 Å². The third kappa shape index (κ3) is 3.11. The van der Waals surface area contributed by atoms with E-state index < -0.39 is 0 Å². The van der Waals surface area contributed by atoms with Gasteiger partial charge < -0.3 is 5.32 Å². The summed E-state index contributed by atoms with van der Waals surface area (Å²) >= 11 is 2.35. The normalized spacial score (nSPS) is 12.6. The number of benzene rings is 1. The van der Waals surface area contributed by atoms with E-state index in [1.54, 1.807) is 0 Å². The summed E-state index contributed by atoms with van der Waals surface area (Å²) in [5, 5.41) is 7.86. The number of hydrogen-bond donors (Lipinski definition) is 1. The van der Waals surface area contributed by atoms with Gasteiger partial charge in [-0.3, -0.25) is 4.68 Å². The Kier molecular flexibility index (Phi) is 4.77. The molecule has 96 valence electrons. The molecule has 1 unspecified atom stereocenters. The number of nitrogens with zero attached hydrogens (tertiary/aromatic N) is 2. The molecule has 0 amide bonds. The smallest absolute Gasteiger partial charge is 0.0748 e. The highest BCUT2D eigenvalue weighted by molar-refractivity contribution is 14.1. The molecule has 2 aromatic rings. The summed E-state index contributed by atoms with van der Waals surface area (Å²) in [6.45, 7) is 3.18. The average molecular weight is 355 g/mol. The average Bonchev–Trinajstić information content (AvgIpc) is 2.77. The Hall–Kier alpha value is -0.880. The maximum absolute atomic E-state index is 4.27. The van der Waals surface area contributed by atoms with Crippen molar-refractivity contribution in [3.8, 4) is 0 Å². The maximum atomic E-state index is 4.27. The summed E-state index contributed by atoms with van der Waals surface area (Å²) in [6.07, 6.45) is 2.97. The Bertz CT molecular complexity index is 507. The predicted octanol–water partition coefficient (Wildman–Crippen LogP) is 3.11. The van der Waals surface area contributed by atoms with Gasteiger partial charge in [-0.1, -0.05) is 19.1 Å². The number of aryl methyl sites for hydroxylation is 1. The zero-order valence-electron chi connectivity index (χ0n) is 10.7. The van der Waals surface area contributed by atoms with Crippen LogP contribution < -0.4 is 5.32 Å². The quantitative estimate of drug-likeness (QED) is 0.836. The fraction of sp³-hybridized carbons (Fsp3) is 0.357. The highest BCUT2D eigenvalue weighted by atomic mass is 127. The zero-order chi connectivity index (χ0) is 13.0. The van der Waals surface area contributed by atoms with Gasteiger partial charge in [0, 0.05) is 16.8 Å². The molecular formula is C14H18IN3. The summed E-state index contributed by atoms with van der Waals surface area (Å²) in [6, 6.07) is 10.9. The van der Waals surface area contributed by atoms with Crippen molar-refractivity contribution in [1.29, 1.82) is 0 Å². The number of halogens is 1. The van der Waals surface area contributed by atoms with Gasteiger partial charge in [0.1, 0.15) is 0 Å². The second-order valence-corrected chi connectivity index (χ2v) is 5.57. The Morgan fingerprint density at radius 3 is 2.83 bits per heavy atom. The summed E-state index contributed by atoms with van der Waals surface area (Å²) in [5.74, 6) is 0. The SMILES string of the molecule is CCCNC(c1cccc(I)c1)c1ccnn1C. The van der Waals surface area contributed by atoms with Crippen LogP contribution in [0, 0.1) is 3.57 Å². The van der Waals surface area contributed by atoms with E-state index in [4.69, 9.17) is 0 Å². The molecule has 1 atom stereocenters. The van der Waals surface area contributed by atoms with Gasteiger partial charge in [-0.05, 0) is 59.3 Å². The molecule has 0 fully saturated rings. The van der Waals surface area contributed by atoms with Crippen LogP contribution >= 0.6 is 22.6 Å². The molecule has 0 saturated carbocycles. The lowest BCUT2D eigenvalue weighted by Crippen LogP contribution is -2.25. The molecule has 0 bridgehead atoms. The van der Waals surface area contributed by atoms with E-state index in [-0.39, 0.29) is 6.04 Å². The van der Waals surface area contributed by atoms with Crippen LogP contribution in [0.3, 0.4) is 0 Å². The lowest BCUT2D eigenvalue weighted by Gasteiger charge is -2.19. The van der Waals surface area contributed by atoms with Crippen molar-refractivity contribution in [2.24, 2.45) is 7.05 Å². The molecule has 0 aliphatic rings. The van der Waals surface area contributed by atoms with Crippen molar-refractivity contribution in [3.63, 3.8) is 0 Å². The predicted molar refractivity (Wildman–Crippen MR) is 82.5 cm³/mol. The van der Waals surface area contributed by atoms with Crippen LogP contribution in [0.2, 0.25) is 0 Å². The first-order valence-corrected chi connectivity index (χ1v) is 7.27. The number of hydrogen-bond acceptors (Lipinski definition) is 2. The molecule has 1 N–H and O–H groups in total. The Labute approximate surface area is 122 Å². The second kappa shape index (κ2) is 6.33. The van der Waals surface area contributed by atoms with Crippen LogP contribution in [-0.4, -0.2) is 16.3 Å². The van der Waals surface area contributed by atoms with E-state index in [0.717, 1.165) is 13.0 Å². The minimum absolute atomic E-state index is 0.215. The van der Waals surface area contributed by atoms with Crippen LogP contribution in [0.25, 0.3) is 0 Å². The molecule has 1 aromatic heterocycles. The van der Waals surface area contributed by atoms with Gasteiger partial charge >= 0.3 is 0 Å². The monoisotopic (exact) mass is 355 g/mol.